The van der Waals surface area contributed by atoms with Gasteiger partial charge in [-0.2, -0.15) is 0 Å². The van der Waals surface area contributed by atoms with Gasteiger partial charge in [-0.05, 0) is 41.8 Å². The number of hydrogen-bond donors (Lipinski definition) is 2. The molecule has 3 nitrogen and oxygen atoms in total. The Bertz CT molecular complexity index is 564. The molecule has 0 heterocycles. The number of carbonyl (C=O) groups excluding carboxylic acids is 1. The number of rotatable bonds is 5. The predicted octanol–water partition coefficient (Wildman–Crippen LogP) is 3.26. The van der Waals surface area contributed by atoms with E-state index in [9.17, 15) is 9.90 Å². The summed E-state index contributed by atoms with van der Waals surface area (Å²) in [4.78, 5) is 11.9. The Morgan fingerprint density at radius 1 is 1.00 bits per heavy atom. The van der Waals surface area contributed by atoms with Crippen molar-refractivity contribution in [2.75, 3.05) is 6.54 Å². The number of benzene rings is 2. The second kappa shape index (κ2) is 7.10. The number of hydrogen-bond acceptors (Lipinski definition) is 2. The highest BCUT2D eigenvalue weighted by Gasteiger charge is 2.04. The van der Waals surface area contributed by atoms with Gasteiger partial charge in [-0.3, -0.25) is 4.79 Å². The van der Waals surface area contributed by atoms with Crippen molar-refractivity contribution in [1.29, 1.82) is 0 Å². The monoisotopic (exact) mass is 333 g/mol. The van der Waals surface area contributed by atoms with E-state index in [1.165, 1.54) is 0 Å². The number of phenolic OH excluding ortho intramolecular Hbond substituents is 1. The molecule has 0 radical (unpaired) electrons. The van der Waals surface area contributed by atoms with E-state index in [4.69, 9.17) is 0 Å². The van der Waals surface area contributed by atoms with Crippen molar-refractivity contribution in [2.45, 2.75) is 11.8 Å². The lowest BCUT2D eigenvalue weighted by Crippen LogP contribution is -2.25. The summed E-state index contributed by atoms with van der Waals surface area (Å²) in [5.41, 5.74) is 2.89. The van der Waals surface area contributed by atoms with Crippen LogP contribution in [0.4, 0.5) is 0 Å². The fourth-order valence-corrected chi connectivity index (χ4v) is 2.20. The summed E-state index contributed by atoms with van der Waals surface area (Å²) < 4.78 is 0. The molecule has 0 fully saturated rings. The van der Waals surface area contributed by atoms with Crippen LogP contribution in [0.3, 0.4) is 0 Å². The predicted molar refractivity (Wildman–Crippen MR) is 83.2 cm³/mol. The molecule has 0 atom stereocenters. The third kappa shape index (κ3) is 4.10. The van der Waals surface area contributed by atoms with Gasteiger partial charge in [0.25, 0.3) is 5.91 Å². The molecule has 20 heavy (non-hydrogen) atoms. The molecular weight excluding hydrogens is 318 g/mol. The molecule has 104 valence electrons. The quantitative estimate of drug-likeness (QED) is 0.825. The van der Waals surface area contributed by atoms with Gasteiger partial charge in [0.15, 0.2) is 0 Å². The van der Waals surface area contributed by atoms with Crippen molar-refractivity contribution in [3.63, 3.8) is 0 Å². The summed E-state index contributed by atoms with van der Waals surface area (Å²) in [5, 5.41) is 12.9. The van der Waals surface area contributed by atoms with Crippen molar-refractivity contribution >= 4 is 21.8 Å². The van der Waals surface area contributed by atoms with E-state index in [0.29, 0.717) is 12.1 Å². The average molecular weight is 334 g/mol. The minimum Gasteiger partial charge on any atom is -0.508 e. The zero-order valence-corrected chi connectivity index (χ0v) is 12.6. The Labute approximate surface area is 126 Å². The van der Waals surface area contributed by atoms with E-state index in [1.807, 2.05) is 36.4 Å². The highest BCUT2D eigenvalue weighted by molar-refractivity contribution is 9.08. The first-order chi connectivity index (χ1) is 9.69. The van der Waals surface area contributed by atoms with Crippen LogP contribution in [0.5, 0.6) is 5.75 Å². The van der Waals surface area contributed by atoms with Crippen molar-refractivity contribution in [1.82, 2.24) is 5.32 Å². The number of nitrogens with one attached hydrogen (secondary N) is 1. The van der Waals surface area contributed by atoms with Gasteiger partial charge in [0.2, 0.25) is 0 Å². The minimum absolute atomic E-state index is 0.0649. The molecule has 0 unspecified atom stereocenters. The van der Waals surface area contributed by atoms with Crippen molar-refractivity contribution in [3.05, 3.63) is 65.2 Å². The minimum atomic E-state index is -0.0649. The van der Waals surface area contributed by atoms with E-state index in [-0.39, 0.29) is 11.7 Å². The highest BCUT2D eigenvalue weighted by Crippen LogP contribution is 2.10. The fraction of sp³-hybridized carbons (Fsp3) is 0.188. The topological polar surface area (TPSA) is 49.3 Å². The molecule has 1 amide bonds. The third-order valence-corrected chi connectivity index (χ3v) is 3.65. The Kier molecular flexibility index (Phi) is 5.18. The van der Waals surface area contributed by atoms with Crippen LogP contribution in [0, 0.1) is 0 Å². The maximum Gasteiger partial charge on any atom is 0.251 e. The number of alkyl halides is 1. The zero-order valence-electron chi connectivity index (χ0n) is 11.0. The standard InChI is InChI=1S/C16H16BrNO2/c17-11-13-1-5-14(6-2-13)16(20)18-10-9-12-3-7-15(19)8-4-12/h1-8,19H,9-11H2,(H,18,20). The van der Waals surface area contributed by atoms with E-state index in [1.54, 1.807) is 12.1 Å². The lowest BCUT2D eigenvalue weighted by molar-refractivity contribution is 0.0954. The molecule has 0 bridgehead atoms. The van der Waals surface area contributed by atoms with E-state index < -0.39 is 0 Å². The Morgan fingerprint density at radius 2 is 1.60 bits per heavy atom. The Balaban J connectivity index is 1.83. The average Bonchev–Trinajstić information content (AvgIpc) is 2.49. The maximum atomic E-state index is 11.9. The molecule has 0 saturated heterocycles. The second-order valence-corrected chi connectivity index (χ2v) is 5.06. The van der Waals surface area contributed by atoms with Crippen LogP contribution in [-0.2, 0) is 11.8 Å². The molecule has 0 aromatic heterocycles. The Hall–Kier alpha value is -1.81. The molecule has 0 aliphatic rings. The highest BCUT2D eigenvalue weighted by atomic mass is 79.9. The van der Waals surface area contributed by atoms with Crippen LogP contribution in [0.2, 0.25) is 0 Å². The van der Waals surface area contributed by atoms with E-state index in [0.717, 1.165) is 22.9 Å². The van der Waals surface area contributed by atoms with E-state index in [2.05, 4.69) is 21.2 Å². The molecule has 2 N–H and O–H groups in total. The second-order valence-electron chi connectivity index (χ2n) is 4.50. The van der Waals surface area contributed by atoms with Gasteiger partial charge >= 0.3 is 0 Å². The van der Waals surface area contributed by atoms with E-state index >= 15 is 0 Å². The first-order valence-corrected chi connectivity index (χ1v) is 7.52. The zero-order chi connectivity index (χ0) is 14.4. The molecule has 0 aliphatic heterocycles. The van der Waals surface area contributed by atoms with Gasteiger partial charge in [0.05, 0.1) is 0 Å². The lowest BCUT2D eigenvalue weighted by Gasteiger charge is -2.06. The summed E-state index contributed by atoms with van der Waals surface area (Å²) in [5.74, 6) is 0.189. The first kappa shape index (κ1) is 14.6. The normalized spacial score (nSPS) is 10.2. The summed E-state index contributed by atoms with van der Waals surface area (Å²) in [7, 11) is 0. The molecule has 0 aliphatic carbocycles. The van der Waals surface area contributed by atoms with Crippen LogP contribution in [0.25, 0.3) is 0 Å². The molecule has 0 saturated carbocycles. The van der Waals surface area contributed by atoms with Gasteiger partial charge in [0.1, 0.15) is 5.75 Å². The molecule has 0 spiro atoms. The van der Waals surface area contributed by atoms with Gasteiger partial charge in [-0.1, -0.05) is 40.2 Å². The van der Waals surface area contributed by atoms with Crippen LogP contribution in [0.15, 0.2) is 48.5 Å². The van der Waals surface area contributed by atoms with Crippen molar-refractivity contribution < 1.29 is 9.90 Å². The summed E-state index contributed by atoms with van der Waals surface area (Å²) in [6.45, 7) is 0.573. The number of halogens is 1. The smallest absolute Gasteiger partial charge is 0.251 e. The number of aromatic hydroxyl groups is 1. The fourth-order valence-electron chi connectivity index (χ4n) is 1.83. The molecular formula is C16H16BrNO2. The molecule has 2 rings (SSSR count). The van der Waals surface area contributed by atoms with Crippen LogP contribution >= 0.6 is 15.9 Å². The molecule has 2 aromatic rings. The van der Waals surface area contributed by atoms with Gasteiger partial charge in [0, 0.05) is 17.4 Å². The van der Waals surface area contributed by atoms with Gasteiger partial charge in [-0.25, -0.2) is 0 Å². The van der Waals surface area contributed by atoms with Crippen molar-refractivity contribution in [3.8, 4) is 5.75 Å². The maximum absolute atomic E-state index is 11.9. The first-order valence-electron chi connectivity index (χ1n) is 6.40. The number of amides is 1. The Morgan fingerprint density at radius 3 is 2.20 bits per heavy atom. The third-order valence-electron chi connectivity index (χ3n) is 3.01. The summed E-state index contributed by atoms with van der Waals surface area (Å²) in [6, 6.07) is 14.5. The van der Waals surface area contributed by atoms with Crippen LogP contribution < -0.4 is 5.32 Å². The van der Waals surface area contributed by atoms with Gasteiger partial charge < -0.3 is 10.4 Å². The van der Waals surface area contributed by atoms with Crippen LogP contribution in [-0.4, -0.2) is 17.6 Å². The van der Waals surface area contributed by atoms with Gasteiger partial charge in [-0.15, -0.1) is 0 Å². The molecule has 4 heteroatoms. The number of phenols is 1. The van der Waals surface area contributed by atoms with Crippen molar-refractivity contribution in [2.24, 2.45) is 0 Å². The summed E-state index contributed by atoms with van der Waals surface area (Å²) in [6.07, 6.45) is 0.742. The summed E-state index contributed by atoms with van der Waals surface area (Å²) >= 11 is 3.37. The largest absolute Gasteiger partial charge is 0.508 e. The number of carbonyl (C=O) groups is 1. The van der Waals surface area contributed by atoms with Crippen LogP contribution in [0.1, 0.15) is 21.5 Å². The molecule has 2 aromatic carbocycles. The SMILES string of the molecule is O=C(NCCc1ccc(O)cc1)c1ccc(CBr)cc1. The lowest BCUT2D eigenvalue weighted by atomic mass is 10.1.